The van der Waals surface area contributed by atoms with Crippen molar-refractivity contribution in [3.8, 4) is 11.8 Å². The number of pyridine rings is 1. The van der Waals surface area contributed by atoms with E-state index in [4.69, 9.17) is 0 Å². The van der Waals surface area contributed by atoms with Crippen LogP contribution in [0.1, 0.15) is 11.1 Å². The van der Waals surface area contributed by atoms with E-state index in [-0.39, 0.29) is 0 Å². The second-order valence-electron chi connectivity index (χ2n) is 4.44. The smallest absolute Gasteiger partial charge is 0.169 e. The highest BCUT2D eigenvalue weighted by molar-refractivity contribution is 5.50. The van der Waals surface area contributed by atoms with E-state index >= 15 is 0 Å². The average molecular weight is 237 g/mol. The molecule has 2 rings (SSSR count). The number of hydrogen-bond donors (Lipinski definition) is 0. The lowest BCUT2D eigenvalue weighted by Gasteiger charge is -2.11. The van der Waals surface area contributed by atoms with Crippen LogP contribution in [0.4, 0.5) is 5.69 Å². The summed E-state index contributed by atoms with van der Waals surface area (Å²) in [6.45, 7) is 0. The van der Waals surface area contributed by atoms with Crippen LogP contribution in [0.2, 0.25) is 0 Å². The quantitative estimate of drug-likeness (QED) is 0.543. The normalized spacial score (nSPS) is 9.50. The van der Waals surface area contributed by atoms with Crippen LogP contribution in [-0.2, 0) is 7.05 Å². The molecule has 0 saturated heterocycles. The first-order valence-corrected chi connectivity index (χ1v) is 5.90. The van der Waals surface area contributed by atoms with Crippen molar-refractivity contribution in [1.82, 2.24) is 0 Å². The van der Waals surface area contributed by atoms with Crippen molar-refractivity contribution >= 4 is 5.69 Å². The van der Waals surface area contributed by atoms with Gasteiger partial charge in [0.25, 0.3) is 0 Å². The zero-order chi connectivity index (χ0) is 13.0. The first-order chi connectivity index (χ1) is 8.65. The van der Waals surface area contributed by atoms with Gasteiger partial charge >= 0.3 is 0 Å². The van der Waals surface area contributed by atoms with E-state index < -0.39 is 0 Å². The maximum absolute atomic E-state index is 3.17. The Morgan fingerprint density at radius 3 is 1.83 bits per heavy atom. The topological polar surface area (TPSA) is 7.12 Å². The zero-order valence-corrected chi connectivity index (χ0v) is 11.0. The van der Waals surface area contributed by atoms with Crippen molar-refractivity contribution in [2.45, 2.75) is 0 Å². The van der Waals surface area contributed by atoms with Gasteiger partial charge in [0.15, 0.2) is 12.4 Å². The SMILES string of the molecule is CN(C)c1ccc(C#Cc2cc[n+](C)cc2)cc1. The minimum atomic E-state index is 1.03. The number of rotatable bonds is 1. The van der Waals surface area contributed by atoms with Crippen LogP contribution < -0.4 is 9.47 Å². The standard InChI is InChI=1S/C16H17N2/c1-17(2)16-8-6-14(7-9-16)4-5-15-10-12-18(3)13-11-15/h6-13H,1-3H3/q+1. The van der Waals surface area contributed by atoms with E-state index in [1.807, 2.05) is 62.4 Å². The molecule has 0 atom stereocenters. The van der Waals surface area contributed by atoms with Gasteiger partial charge in [-0.05, 0) is 24.3 Å². The third kappa shape index (κ3) is 3.11. The number of aryl methyl sites for hydroxylation is 1. The lowest BCUT2D eigenvalue weighted by molar-refractivity contribution is -0.671. The Balaban J connectivity index is 2.17. The molecule has 18 heavy (non-hydrogen) atoms. The lowest BCUT2D eigenvalue weighted by Crippen LogP contribution is -2.25. The molecule has 2 heteroatoms. The molecule has 0 spiro atoms. The molecular formula is C16H17N2+. The molecule has 0 fully saturated rings. The Bertz CT molecular complexity index is 569. The molecule has 0 saturated carbocycles. The molecule has 2 aromatic rings. The molecule has 0 aliphatic rings. The van der Waals surface area contributed by atoms with Crippen LogP contribution in [0.5, 0.6) is 0 Å². The number of aromatic nitrogens is 1. The van der Waals surface area contributed by atoms with Gasteiger partial charge in [0.1, 0.15) is 7.05 Å². The Labute approximate surface area is 109 Å². The summed E-state index contributed by atoms with van der Waals surface area (Å²) >= 11 is 0. The Hall–Kier alpha value is -2.27. The van der Waals surface area contributed by atoms with Gasteiger partial charge in [0, 0.05) is 43.0 Å². The van der Waals surface area contributed by atoms with Crippen molar-refractivity contribution < 1.29 is 4.57 Å². The van der Waals surface area contributed by atoms with Gasteiger partial charge in [-0.25, -0.2) is 4.57 Å². The van der Waals surface area contributed by atoms with Crippen LogP contribution in [0.25, 0.3) is 0 Å². The fourth-order valence-corrected chi connectivity index (χ4v) is 1.57. The second-order valence-corrected chi connectivity index (χ2v) is 4.44. The van der Waals surface area contributed by atoms with E-state index in [9.17, 15) is 0 Å². The van der Waals surface area contributed by atoms with Crippen LogP contribution in [0.3, 0.4) is 0 Å². The molecule has 90 valence electrons. The lowest BCUT2D eigenvalue weighted by atomic mass is 10.2. The van der Waals surface area contributed by atoms with Crippen LogP contribution >= 0.6 is 0 Å². The van der Waals surface area contributed by atoms with Crippen molar-refractivity contribution in [3.63, 3.8) is 0 Å². The van der Waals surface area contributed by atoms with Crippen LogP contribution in [0.15, 0.2) is 48.8 Å². The summed E-state index contributed by atoms with van der Waals surface area (Å²) in [4.78, 5) is 2.08. The highest BCUT2D eigenvalue weighted by atomic mass is 15.1. The maximum atomic E-state index is 3.17. The molecular weight excluding hydrogens is 220 g/mol. The van der Waals surface area contributed by atoms with Crippen LogP contribution in [-0.4, -0.2) is 14.1 Å². The van der Waals surface area contributed by atoms with Gasteiger partial charge in [0.05, 0.1) is 0 Å². The second kappa shape index (κ2) is 5.37. The van der Waals surface area contributed by atoms with Crippen molar-refractivity contribution in [3.05, 3.63) is 59.9 Å². The summed E-state index contributed by atoms with van der Waals surface area (Å²) in [5, 5.41) is 0. The molecule has 0 radical (unpaired) electrons. The van der Waals surface area contributed by atoms with Gasteiger partial charge in [0.2, 0.25) is 0 Å². The molecule has 2 nitrogen and oxygen atoms in total. The molecule has 0 aliphatic carbocycles. The summed E-state index contributed by atoms with van der Waals surface area (Å²) in [6.07, 6.45) is 4.00. The predicted molar refractivity (Wildman–Crippen MR) is 74.4 cm³/mol. The monoisotopic (exact) mass is 237 g/mol. The van der Waals surface area contributed by atoms with E-state index in [0.717, 1.165) is 11.1 Å². The van der Waals surface area contributed by atoms with Crippen LogP contribution in [0, 0.1) is 11.8 Å². The summed E-state index contributed by atoms with van der Waals surface area (Å²) in [5.41, 5.74) is 3.26. The fourth-order valence-electron chi connectivity index (χ4n) is 1.57. The molecule has 0 aliphatic heterocycles. The van der Waals surface area contributed by atoms with E-state index in [0.29, 0.717) is 0 Å². The van der Waals surface area contributed by atoms with Crippen molar-refractivity contribution in [1.29, 1.82) is 0 Å². The average Bonchev–Trinajstić information content (AvgIpc) is 2.38. The number of nitrogens with zero attached hydrogens (tertiary/aromatic N) is 2. The minimum Gasteiger partial charge on any atom is -0.378 e. The van der Waals surface area contributed by atoms with Crippen molar-refractivity contribution in [2.24, 2.45) is 7.05 Å². The van der Waals surface area contributed by atoms with Gasteiger partial charge in [-0.15, -0.1) is 0 Å². The Morgan fingerprint density at radius 2 is 1.33 bits per heavy atom. The molecule has 1 heterocycles. The molecule has 0 unspecified atom stereocenters. The van der Waals surface area contributed by atoms with E-state index in [1.54, 1.807) is 0 Å². The Morgan fingerprint density at radius 1 is 0.833 bits per heavy atom. The Kier molecular flexibility index (Phi) is 3.64. The molecule has 1 aromatic carbocycles. The third-order valence-electron chi connectivity index (χ3n) is 2.71. The zero-order valence-electron chi connectivity index (χ0n) is 11.0. The summed E-state index contributed by atoms with van der Waals surface area (Å²) in [7, 11) is 6.06. The maximum Gasteiger partial charge on any atom is 0.169 e. The summed E-state index contributed by atoms with van der Waals surface area (Å²) < 4.78 is 2.00. The van der Waals surface area contributed by atoms with Gasteiger partial charge < -0.3 is 4.90 Å². The van der Waals surface area contributed by atoms with Crippen molar-refractivity contribution in [2.75, 3.05) is 19.0 Å². The number of anilines is 1. The van der Waals surface area contributed by atoms with Gasteiger partial charge in [-0.2, -0.15) is 0 Å². The first kappa shape index (κ1) is 12.2. The molecule has 0 amide bonds. The molecule has 1 aromatic heterocycles. The molecule has 0 bridgehead atoms. The minimum absolute atomic E-state index is 1.03. The number of benzene rings is 1. The van der Waals surface area contributed by atoms with E-state index in [2.05, 4.69) is 28.9 Å². The fraction of sp³-hybridized carbons (Fsp3) is 0.188. The highest BCUT2D eigenvalue weighted by Gasteiger charge is 1.94. The van der Waals surface area contributed by atoms with E-state index in [1.165, 1.54) is 5.69 Å². The highest BCUT2D eigenvalue weighted by Crippen LogP contribution is 2.11. The largest absolute Gasteiger partial charge is 0.378 e. The number of hydrogen-bond acceptors (Lipinski definition) is 1. The first-order valence-electron chi connectivity index (χ1n) is 5.90. The third-order valence-corrected chi connectivity index (χ3v) is 2.71. The van der Waals surface area contributed by atoms with Gasteiger partial charge in [-0.1, -0.05) is 11.8 Å². The van der Waals surface area contributed by atoms with Gasteiger partial charge in [-0.3, -0.25) is 0 Å². The molecule has 0 N–H and O–H groups in total. The summed E-state index contributed by atoms with van der Waals surface area (Å²) in [5.74, 6) is 6.33. The predicted octanol–water partition coefficient (Wildman–Crippen LogP) is 1.98. The summed E-state index contributed by atoms with van der Waals surface area (Å²) in [6, 6.07) is 12.3.